The van der Waals surface area contributed by atoms with Crippen LogP contribution in [0.1, 0.15) is 22.6 Å². The molecule has 0 unspecified atom stereocenters. The number of alkyl halides is 3. The monoisotopic (exact) mass is 420 g/mol. The summed E-state index contributed by atoms with van der Waals surface area (Å²) in [6, 6.07) is 10.7. The van der Waals surface area contributed by atoms with E-state index in [2.05, 4.69) is 4.98 Å². The summed E-state index contributed by atoms with van der Waals surface area (Å²) in [6.07, 6.45) is -4.42. The molecule has 8 heteroatoms. The first-order chi connectivity index (χ1) is 14.2. The van der Waals surface area contributed by atoms with Crippen molar-refractivity contribution >= 4 is 0 Å². The predicted octanol–water partition coefficient (Wildman–Crippen LogP) is 5.32. The van der Waals surface area contributed by atoms with Gasteiger partial charge >= 0.3 is 6.18 Å². The molecule has 3 rings (SSSR count). The van der Waals surface area contributed by atoms with E-state index in [1.165, 1.54) is 6.07 Å². The molecule has 0 aliphatic heterocycles. The van der Waals surface area contributed by atoms with E-state index >= 15 is 0 Å². The minimum atomic E-state index is -4.42. The summed E-state index contributed by atoms with van der Waals surface area (Å²) in [7, 11) is 5.09. The molecule has 0 radical (unpaired) electrons. The Bertz CT molecular complexity index is 1020. The molecule has 160 valence electrons. The number of halogens is 3. The third-order valence-electron chi connectivity index (χ3n) is 4.65. The van der Waals surface area contributed by atoms with Crippen LogP contribution in [0.25, 0.3) is 11.5 Å². The zero-order chi connectivity index (χ0) is 21.9. The number of oxazole rings is 1. The van der Waals surface area contributed by atoms with Gasteiger partial charge in [0, 0.05) is 18.7 Å². The van der Waals surface area contributed by atoms with Gasteiger partial charge in [0.05, 0.1) is 25.5 Å². The molecule has 30 heavy (non-hydrogen) atoms. The fourth-order valence-corrected chi connectivity index (χ4v) is 3.13. The quantitative estimate of drug-likeness (QED) is 0.518. The summed E-state index contributed by atoms with van der Waals surface area (Å²) in [5.74, 6) is 2.05. The SMILES string of the molecule is COc1ccc(CN(C)Cc2nc(-c3cccc(C(F)(F)F)c3)oc2C)cc1OC. The molecular weight excluding hydrogens is 397 g/mol. The van der Waals surface area contributed by atoms with Gasteiger partial charge < -0.3 is 13.9 Å². The average Bonchev–Trinajstić information content (AvgIpc) is 3.07. The zero-order valence-corrected chi connectivity index (χ0v) is 17.2. The van der Waals surface area contributed by atoms with Gasteiger partial charge in [-0.3, -0.25) is 4.90 Å². The maximum atomic E-state index is 13.0. The van der Waals surface area contributed by atoms with E-state index < -0.39 is 11.7 Å². The first-order valence-electron chi connectivity index (χ1n) is 9.24. The minimum absolute atomic E-state index is 0.174. The molecule has 0 atom stereocenters. The van der Waals surface area contributed by atoms with E-state index in [1.807, 2.05) is 30.1 Å². The lowest BCUT2D eigenvalue weighted by Crippen LogP contribution is -2.18. The van der Waals surface area contributed by atoms with Gasteiger partial charge in [0.1, 0.15) is 5.76 Å². The molecule has 0 amide bonds. The van der Waals surface area contributed by atoms with Crippen molar-refractivity contribution in [1.82, 2.24) is 9.88 Å². The number of ether oxygens (including phenoxy) is 2. The molecule has 0 saturated heterocycles. The lowest BCUT2D eigenvalue weighted by molar-refractivity contribution is -0.137. The Morgan fingerprint density at radius 1 is 1.00 bits per heavy atom. The lowest BCUT2D eigenvalue weighted by Gasteiger charge is -2.17. The number of aryl methyl sites for hydroxylation is 1. The van der Waals surface area contributed by atoms with Crippen molar-refractivity contribution < 1.29 is 27.1 Å². The van der Waals surface area contributed by atoms with E-state index in [0.717, 1.165) is 17.7 Å². The van der Waals surface area contributed by atoms with Crippen LogP contribution in [0.4, 0.5) is 13.2 Å². The van der Waals surface area contributed by atoms with Gasteiger partial charge in [-0.25, -0.2) is 4.98 Å². The number of nitrogens with zero attached hydrogens (tertiary/aromatic N) is 2. The standard InChI is InChI=1S/C22H23F3N2O3/c1-14-18(13-27(2)12-15-8-9-19(28-3)20(10-15)29-4)26-21(30-14)16-6-5-7-17(11-16)22(23,24)25/h5-11H,12-13H2,1-4H3. The number of benzene rings is 2. The van der Waals surface area contributed by atoms with Crippen molar-refractivity contribution in [3.8, 4) is 23.0 Å². The maximum absolute atomic E-state index is 13.0. The number of hydrogen-bond donors (Lipinski definition) is 0. The van der Waals surface area contributed by atoms with E-state index in [0.29, 0.717) is 41.6 Å². The molecule has 0 fully saturated rings. The Morgan fingerprint density at radius 3 is 2.40 bits per heavy atom. The molecule has 0 aliphatic rings. The van der Waals surface area contributed by atoms with E-state index in [4.69, 9.17) is 13.9 Å². The third kappa shape index (κ3) is 4.94. The van der Waals surface area contributed by atoms with Gasteiger partial charge in [0.15, 0.2) is 11.5 Å². The second kappa shape index (κ2) is 8.79. The third-order valence-corrected chi connectivity index (χ3v) is 4.65. The highest BCUT2D eigenvalue weighted by molar-refractivity contribution is 5.55. The van der Waals surface area contributed by atoms with Gasteiger partial charge in [-0.15, -0.1) is 0 Å². The number of methoxy groups -OCH3 is 2. The van der Waals surface area contributed by atoms with Crippen LogP contribution in [0.15, 0.2) is 46.9 Å². The van der Waals surface area contributed by atoms with Gasteiger partial charge in [-0.2, -0.15) is 13.2 Å². The summed E-state index contributed by atoms with van der Waals surface area (Å²) < 4.78 is 55.1. The van der Waals surface area contributed by atoms with E-state index in [1.54, 1.807) is 27.2 Å². The highest BCUT2D eigenvalue weighted by Gasteiger charge is 2.31. The van der Waals surface area contributed by atoms with Gasteiger partial charge in [0.25, 0.3) is 0 Å². The van der Waals surface area contributed by atoms with Crippen LogP contribution >= 0.6 is 0 Å². The van der Waals surface area contributed by atoms with Crippen LogP contribution < -0.4 is 9.47 Å². The van der Waals surface area contributed by atoms with Crippen LogP contribution in [-0.2, 0) is 19.3 Å². The zero-order valence-electron chi connectivity index (χ0n) is 17.2. The van der Waals surface area contributed by atoms with Crippen LogP contribution in [0.3, 0.4) is 0 Å². The van der Waals surface area contributed by atoms with Crippen molar-refractivity contribution in [2.24, 2.45) is 0 Å². The van der Waals surface area contributed by atoms with Crippen molar-refractivity contribution in [2.45, 2.75) is 26.2 Å². The molecule has 0 N–H and O–H groups in total. The van der Waals surface area contributed by atoms with Gasteiger partial charge in [-0.1, -0.05) is 12.1 Å². The van der Waals surface area contributed by atoms with Gasteiger partial charge in [-0.05, 0) is 49.9 Å². The second-order valence-electron chi connectivity index (χ2n) is 6.96. The van der Waals surface area contributed by atoms with Crippen molar-refractivity contribution in [3.63, 3.8) is 0 Å². The molecule has 2 aromatic carbocycles. The Hall–Kier alpha value is -3.00. The highest BCUT2D eigenvalue weighted by Crippen LogP contribution is 2.33. The van der Waals surface area contributed by atoms with Crippen LogP contribution in [0.2, 0.25) is 0 Å². The first kappa shape index (κ1) is 21.7. The van der Waals surface area contributed by atoms with Crippen LogP contribution in [0, 0.1) is 6.92 Å². The summed E-state index contributed by atoms with van der Waals surface area (Å²) in [5, 5.41) is 0. The second-order valence-corrected chi connectivity index (χ2v) is 6.96. The minimum Gasteiger partial charge on any atom is -0.493 e. The highest BCUT2D eigenvalue weighted by atomic mass is 19.4. The molecule has 5 nitrogen and oxygen atoms in total. The van der Waals surface area contributed by atoms with Crippen molar-refractivity contribution in [1.29, 1.82) is 0 Å². The summed E-state index contributed by atoms with van der Waals surface area (Å²) in [4.78, 5) is 6.46. The fraction of sp³-hybridized carbons (Fsp3) is 0.318. The van der Waals surface area contributed by atoms with E-state index in [-0.39, 0.29) is 5.89 Å². The van der Waals surface area contributed by atoms with Crippen molar-refractivity contribution in [3.05, 3.63) is 65.0 Å². The van der Waals surface area contributed by atoms with E-state index in [9.17, 15) is 13.2 Å². The van der Waals surface area contributed by atoms with Gasteiger partial charge in [0.2, 0.25) is 5.89 Å². The van der Waals surface area contributed by atoms with Crippen molar-refractivity contribution in [2.75, 3.05) is 21.3 Å². The molecule has 0 saturated carbocycles. The van der Waals surface area contributed by atoms with Crippen LogP contribution in [0.5, 0.6) is 11.5 Å². The summed E-state index contributed by atoms with van der Waals surface area (Å²) >= 11 is 0. The topological polar surface area (TPSA) is 47.7 Å². The summed E-state index contributed by atoms with van der Waals surface area (Å²) in [5.41, 5.74) is 1.25. The molecule has 0 aliphatic carbocycles. The number of aromatic nitrogens is 1. The Kier molecular flexibility index (Phi) is 6.36. The molecule has 0 bridgehead atoms. The Balaban J connectivity index is 1.75. The Morgan fingerprint density at radius 2 is 1.73 bits per heavy atom. The molecule has 3 aromatic rings. The Labute approximate surface area is 173 Å². The fourth-order valence-electron chi connectivity index (χ4n) is 3.13. The first-order valence-corrected chi connectivity index (χ1v) is 9.24. The molecule has 1 aromatic heterocycles. The number of rotatable bonds is 7. The molecular formula is C22H23F3N2O3. The predicted molar refractivity (Wildman–Crippen MR) is 106 cm³/mol. The maximum Gasteiger partial charge on any atom is 0.416 e. The average molecular weight is 420 g/mol. The largest absolute Gasteiger partial charge is 0.493 e. The lowest BCUT2D eigenvalue weighted by atomic mass is 10.1. The summed E-state index contributed by atoms with van der Waals surface area (Å²) in [6.45, 7) is 2.85. The molecule has 1 heterocycles. The smallest absolute Gasteiger partial charge is 0.416 e. The normalized spacial score (nSPS) is 11.7. The number of hydrogen-bond acceptors (Lipinski definition) is 5. The van der Waals surface area contributed by atoms with Crippen LogP contribution in [-0.4, -0.2) is 31.2 Å². The molecule has 0 spiro atoms.